The molecule has 0 aliphatic rings. The van der Waals surface area contributed by atoms with Crippen LogP contribution in [0.25, 0.3) is 16.3 Å². The number of aromatic nitrogens is 1. The number of benzene rings is 2. The van der Waals surface area contributed by atoms with Crippen LogP contribution in [0, 0.1) is 13.8 Å². The zero-order chi connectivity index (χ0) is 15.5. The van der Waals surface area contributed by atoms with E-state index >= 15 is 0 Å². The first-order valence-corrected chi connectivity index (χ1v) is 7.86. The Morgan fingerprint density at radius 3 is 2.55 bits per heavy atom. The average molecular weight is 308 g/mol. The Kier molecular flexibility index (Phi) is 4.02. The van der Waals surface area contributed by atoms with Crippen molar-refractivity contribution in [3.8, 4) is 0 Å². The molecule has 4 heteroatoms. The summed E-state index contributed by atoms with van der Waals surface area (Å²) in [6, 6.07) is 13.9. The summed E-state index contributed by atoms with van der Waals surface area (Å²) in [6.07, 6.45) is 3.32. The van der Waals surface area contributed by atoms with Gasteiger partial charge in [-0.1, -0.05) is 53.8 Å². The van der Waals surface area contributed by atoms with Crippen LogP contribution in [0.3, 0.4) is 0 Å². The van der Waals surface area contributed by atoms with E-state index in [1.54, 1.807) is 6.08 Å². The third-order valence-electron chi connectivity index (χ3n) is 3.40. The molecule has 22 heavy (non-hydrogen) atoms. The van der Waals surface area contributed by atoms with Crippen molar-refractivity contribution < 1.29 is 4.79 Å². The molecule has 3 rings (SSSR count). The molecule has 0 saturated carbocycles. The zero-order valence-corrected chi connectivity index (χ0v) is 13.3. The van der Waals surface area contributed by atoms with Crippen molar-refractivity contribution in [2.24, 2.45) is 0 Å². The predicted octanol–water partition coefficient (Wildman–Crippen LogP) is 4.57. The molecule has 0 atom stereocenters. The molecule has 1 heterocycles. The molecule has 1 aromatic heterocycles. The maximum atomic E-state index is 12.0. The highest BCUT2D eigenvalue weighted by Crippen LogP contribution is 2.30. The molecule has 0 fully saturated rings. The molecule has 3 aromatic rings. The lowest BCUT2D eigenvalue weighted by molar-refractivity contribution is -0.111. The fourth-order valence-electron chi connectivity index (χ4n) is 2.20. The van der Waals surface area contributed by atoms with Crippen molar-refractivity contribution in [2.45, 2.75) is 13.8 Å². The second-order valence-electron chi connectivity index (χ2n) is 5.13. The summed E-state index contributed by atoms with van der Waals surface area (Å²) in [5.74, 6) is -0.168. The van der Waals surface area contributed by atoms with Crippen molar-refractivity contribution in [2.75, 3.05) is 5.32 Å². The van der Waals surface area contributed by atoms with Gasteiger partial charge in [-0.2, -0.15) is 0 Å². The number of amides is 1. The SMILES string of the molecule is Cc1ccc(C)c2sc(NC(=O)/C=C/c3ccccc3)nc12. The van der Waals surface area contributed by atoms with Crippen molar-refractivity contribution in [3.63, 3.8) is 0 Å². The number of anilines is 1. The smallest absolute Gasteiger partial charge is 0.250 e. The summed E-state index contributed by atoms with van der Waals surface area (Å²) in [5, 5.41) is 3.47. The Hall–Kier alpha value is -2.46. The summed E-state index contributed by atoms with van der Waals surface area (Å²) in [4.78, 5) is 16.5. The molecule has 0 bridgehead atoms. The summed E-state index contributed by atoms with van der Waals surface area (Å²) in [7, 11) is 0. The topological polar surface area (TPSA) is 42.0 Å². The number of aryl methyl sites for hydroxylation is 2. The number of carbonyl (C=O) groups is 1. The minimum atomic E-state index is -0.168. The molecule has 0 unspecified atom stereocenters. The van der Waals surface area contributed by atoms with Crippen molar-refractivity contribution in [1.82, 2.24) is 4.98 Å². The monoisotopic (exact) mass is 308 g/mol. The number of thiazole rings is 1. The Morgan fingerprint density at radius 2 is 1.82 bits per heavy atom. The second-order valence-corrected chi connectivity index (χ2v) is 6.13. The molecule has 1 amide bonds. The van der Waals surface area contributed by atoms with Gasteiger partial charge in [0.05, 0.1) is 10.2 Å². The van der Waals surface area contributed by atoms with E-state index in [9.17, 15) is 4.79 Å². The van der Waals surface area contributed by atoms with Gasteiger partial charge < -0.3 is 0 Å². The first kappa shape index (κ1) is 14.5. The number of hydrogen-bond donors (Lipinski definition) is 1. The summed E-state index contributed by atoms with van der Waals surface area (Å²) in [5.41, 5.74) is 4.26. The van der Waals surface area contributed by atoms with Crippen LogP contribution in [0.5, 0.6) is 0 Å². The third kappa shape index (κ3) is 3.07. The van der Waals surface area contributed by atoms with Crippen LogP contribution in [0.15, 0.2) is 48.5 Å². The highest BCUT2D eigenvalue weighted by Gasteiger charge is 2.09. The van der Waals surface area contributed by atoms with Gasteiger partial charge in [0.1, 0.15) is 0 Å². The molecular formula is C18H16N2OS. The van der Waals surface area contributed by atoms with Crippen LogP contribution in [0.4, 0.5) is 5.13 Å². The van der Waals surface area contributed by atoms with Crippen LogP contribution in [0.2, 0.25) is 0 Å². The van der Waals surface area contributed by atoms with Crippen molar-refractivity contribution in [3.05, 3.63) is 65.2 Å². The van der Waals surface area contributed by atoms with Gasteiger partial charge in [0, 0.05) is 6.08 Å². The molecule has 0 aliphatic heterocycles. The Bertz CT molecular complexity index is 811. The maximum Gasteiger partial charge on any atom is 0.250 e. The van der Waals surface area contributed by atoms with Gasteiger partial charge in [0.15, 0.2) is 5.13 Å². The van der Waals surface area contributed by atoms with E-state index in [4.69, 9.17) is 0 Å². The van der Waals surface area contributed by atoms with Crippen molar-refractivity contribution in [1.29, 1.82) is 0 Å². The highest BCUT2D eigenvalue weighted by molar-refractivity contribution is 7.22. The van der Waals surface area contributed by atoms with Crippen LogP contribution in [-0.2, 0) is 4.79 Å². The van der Waals surface area contributed by atoms with E-state index in [0.29, 0.717) is 5.13 Å². The molecule has 0 saturated heterocycles. The van der Waals surface area contributed by atoms with Crippen LogP contribution >= 0.6 is 11.3 Å². The van der Waals surface area contributed by atoms with Crippen LogP contribution in [0.1, 0.15) is 16.7 Å². The summed E-state index contributed by atoms with van der Waals surface area (Å²) >= 11 is 1.51. The largest absolute Gasteiger partial charge is 0.298 e. The third-order valence-corrected chi connectivity index (χ3v) is 4.51. The molecule has 0 aliphatic carbocycles. The highest BCUT2D eigenvalue weighted by atomic mass is 32.1. The average Bonchev–Trinajstić information content (AvgIpc) is 2.95. The molecule has 0 spiro atoms. The van der Waals surface area contributed by atoms with Gasteiger partial charge in [-0.15, -0.1) is 0 Å². The van der Waals surface area contributed by atoms with Gasteiger partial charge in [-0.25, -0.2) is 4.98 Å². The lowest BCUT2D eigenvalue weighted by Gasteiger charge is -1.96. The van der Waals surface area contributed by atoms with Gasteiger partial charge in [-0.3, -0.25) is 10.1 Å². The van der Waals surface area contributed by atoms with Crippen LogP contribution in [-0.4, -0.2) is 10.9 Å². The molecule has 1 N–H and O–H groups in total. The number of rotatable bonds is 3. The predicted molar refractivity (Wildman–Crippen MR) is 93.2 cm³/mol. The lowest BCUT2D eigenvalue weighted by Crippen LogP contribution is -2.07. The minimum absolute atomic E-state index is 0.168. The second kappa shape index (κ2) is 6.12. The molecule has 0 radical (unpaired) electrons. The van der Waals surface area contributed by atoms with E-state index < -0.39 is 0 Å². The zero-order valence-electron chi connectivity index (χ0n) is 12.5. The van der Waals surface area contributed by atoms with E-state index in [-0.39, 0.29) is 5.91 Å². The van der Waals surface area contributed by atoms with Crippen molar-refractivity contribution >= 4 is 38.7 Å². The number of nitrogens with one attached hydrogen (secondary N) is 1. The first-order chi connectivity index (χ1) is 10.6. The molecular weight excluding hydrogens is 292 g/mol. The Morgan fingerprint density at radius 1 is 1.09 bits per heavy atom. The maximum absolute atomic E-state index is 12.0. The Balaban J connectivity index is 1.78. The lowest BCUT2D eigenvalue weighted by atomic mass is 10.1. The fraction of sp³-hybridized carbons (Fsp3) is 0.111. The number of carbonyl (C=O) groups excluding carboxylic acids is 1. The summed E-state index contributed by atoms with van der Waals surface area (Å²) in [6.45, 7) is 4.09. The van der Waals surface area contributed by atoms with Gasteiger partial charge >= 0.3 is 0 Å². The first-order valence-electron chi connectivity index (χ1n) is 7.04. The molecule has 2 aromatic carbocycles. The van der Waals surface area contributed by atoms with Gasteiger partial charge in [-0.05, 0) is 36.6 Å². The van der Waals surface area contributed by atoms with E-state index in [0.717, 1.165) is 21.3 Å². The minimum Gasteiger partial charge on any atom is -0.298 e. The standard InChI is InChI=1S/C18H16N2OS/c1-12-8-9-13(2)17-16(12)20-18(22-17)19-15(21)11-10-14-6-4-3-5-7-14/h3-11H,1-2H3,(H,19,20,21)/b11-10+. The normalized spacial score (nSPS) is 11.2. The van der Waals surface area contributed by atoms with Gasteiger partial charge in [0.2, 0.25) is 5.91 Å². The number of hydrogen-bond acceptors (Lipinski definition) is 3. The van der Waals surface area contributed by atoms with E-state index in [2.05, 4.69) is 29.4 Å². The molecule has 110 valence electrons. The quantitative estimate of drug-likeness (QED) is 0.720. The van der Waals surface area contributed by atoms with Crippen LogP contribution < -0.4 is 5.32 Å². The fourth-order valence-corrected chi connectivity index (χ4v) is 3.21. The van der Waals surface area contributed by atoms with E-state index in [1.807, 2.05) is 37.3 Å². The summed E-state index contributed by atoms with van der Waals surface area (Å²) < 4.78 is 1.13. The number of fused-ring (bicyclic) bond motifs is 1. The molecule has 3 nitrogen and oxygen atoms in total. The number of nitrogens with zero attached hydrogens (tertiary/aromatic N) is 1. The van der Waals surface area contributed by atoms with Gasteiger partial charge in [0.25, 0.3) is 0 Å². The van der Waals surface area contributed by atoms with E-state index in [1.165, 1.54) is 23.0 Å². The Labute approximate surface area is 133 Å².